The van der Waals surface area contributed by atoms with Crippen molar-refractivity contribution in [2.24, 2.45) is 0 Å². The Kier molecular flexibility index (Phi) is 3.91. The van der Waals surface area contributed by atoms with Crippen LogP contribution in [0.4, 0.5) is 8.78 Å². The Morgan fingerprint density at radius 3 is 2.68 bits per heavy atom. The Hall–Kier alpha value is -2.48. The minimum Gasteiger partial charge on any atom is -0.459 e. The van der Waals surface area contributed by atoms with Crippen molar-refractivity contribution in [1.82, 2.24) is 19.6 Å². The van der Waals surface area contributed by atoms with Crippen molar-refractivity contribution in [2.75, 3.05) is 6.61 Å². The van der Waals surface area contributed by atoms with E-state index in [9.17, 15) is 13.6 Å². The van der Waals surface area contributed by atoms with Crippen LogP contribution in [0.2, 0.25) is 5.02 Å². The minimum atomic E-state index is -2.66. The topological polar surface area (TPSA) is 72.3 Å². The summed E-state index contributed by atoms with van der Waals surface area (Å²) in [5, 5.41) is 4.97. The van der Waals surface area contributed by atoms with Gasteiger partial charge in [-0.05, 0) is 30.5 Å². The molecule has 3 aromatic rings. The van der Waals surface area contributed by atoms with E-state index in [1.165, 1.54) is 0 Å². The van der Waals surface area contributed by atoms with Crippen LogP contribution in [0.15, 0.2) is 29.1 Å². The number of nitrogens with zero attached hydrogens (tertiary/aromatic N) is 3. The molecule has 2 heterocycles. The second-order valence-corrected chi connectivity index (χ2v) is 6.26. The summed E-state index contributed by atoms with van der Waals surface area (Å²) in [6.45, 7) is -0.848. The average molecular weight is 367 g/mol. The molecule has 1 aliphatic rings. The van der Waals surface area contributed by atoms with Gasteiger partial charge >= 0.3 is 5.69 Å². The molecule has 1 N–H and O–H groups in total. The monoisotopic (exact) mass is 366 g/mol. The highest BCUT2D eigenvalue weighted by molar-refractivity contribution is 6.30. The second kappa shape index (κ2) is 6.11. The SMILES string of the molecule is O=c1[nH]c(OCC(F)F)nc2c(-c3ccc(Cl)cc3)c(C3CC3)nn12. The summed E-state index contributed by atoms with van der Waals surface area (Å²) in [5.41, 5.74) is 1.96. The molecule has 1 saturated carbocycles. The van der Waals surface area contributed by atoms with Gasteiger partial charge in [-0.3, -0.25) is 4.98 Å². The molecule has 130 valence electrons. The maximum atomic E-state index is 12.4. The van der Waals surface area contributed by atoms with Crippen LogP contribution < -0.4 is 10.4 Å². The van der Waals surface area contributed by atoms with Crippen molar-refractivity contribution in [3.05, 3.63) is 45.5 Å². The molecule has 0 amide bonds. The van der Waals surface area contributed by atoms with Crippen molar-refractivity contribution >= 4 is 17.2 Å². The number of aromatic nitrogens is 4. The predicted molar refractivity (Wildman–Crippen MR) is 87.5 cm³/mol. The summed E-state index contributed by atoms with van der Waals surface area (Å²) in [7, 11) is 0. The summed E-state index contributed by atoms with van der Waals surface area (Å²) in [5.74, 6) is 0.261. The van der Waals surface area contributed by atoms with E-state index in [0.29, 0.717) is 10.6 Å². The van der Waals surface area contributed by atoms with Crippen LogP contribution >= 0.6 is 11.6 Å². The fraction of sp³-hybridized carbons (Fsp3) is 0.312. The average Bonchev–Trinajstić information content (AvgIpc) is 3.35. The molecular weight excluding hydrogens is 354 g/mol. The highest BCUT2D eigenvalue weighted by atomic mass is 35.5. The molecule has 1 aromatic carbocycles. The van der Waals surface area contributed by atoms with Gasteiger partial charge in [-0.1, -0.05) is 23.7 Å². The highest BCUT2D eigenvalue weighted by Crippen LogP contribution is 2.44. The molecule has 25 heavy (non-hydrogen) atoms. The molecule has 0 radical (unpaired) electrons. The lowest BCUT2D eigenvalue weighted by Crippen LogP contribution is -2.21. The van der Waals surface area contributed by atoms with Gasteiger partial charge in [0.15, 0.2) is 12.3 Å². The van der Waals surface area contributed by atoms with E-state index in [4.69, 9.17) is 16.3 Å². The van der Waals surface area contributed by atoms with Gasteiger partial charge in [0.25, 0.3) is 12.4 Å². The van der Waals surface area contributed by atoms with Gasteiger partial charge in [0.2, 0.25) is 0 Å². The van der Waals surface area contributed by atoms with E-state index in [2.05, 4.69) is 15.1 Å². The number of fused-ring (bicyclic) bond motifs is 1. The third-order valence-electron chi connectivity index (χ3n) is 3.94. The molecule has 0 aliphatic heterocycles. The van der Waals surface area contributed by atoms with Gasteiger partial charge < -0.3 is 4.74 Å². The van der Waals surface area contributed by atoms with Crippen LogP contribution in [0.25, 0.3) is 16.8 Å². The van der Waals surface area contributed by atoms with Crippen molar-refractivity contribution in [1.29, 1.82) is 0 Å². The number of halogens is 3. The van der Waals surface area contributed by atoms with Gasteiger partial charge in [-0.2, -0.15) is 14.6 Å². The van der Waals surface area contributed by atoms with Crippen LogP contribution in [0.3, 0.4) is 0 Å². The summed E-state index contributed by atoms with van der Waals surface area (Å²) < 4.78 is 30.7. The van der Waals surface area contributed by atoms with Gasteiger partial charge in [-0.15, -0.1) is 0 Å². The molecule has 1 aliphatic carbocycles. The number of nitrogens with one attached hydrogen (secondary N) is 1. The fourth-order valence-corrected chi connectivity index (χ4v) is 2.81. The maximum Gasteiger partial charge on any atom is 0.352 e. The number of rotatable bonds is 5. The zero-order valence-electron chi connectivity index (χ0n) is 12.9. The quantitative estimate of drug-likeness (QED) is 0.752. The zero-order valence-corrected chi connectivity index (χ0v) is 13.6. The van der Waals surface area contributed by atoms with E-state index in [-0.39, 0.29) is 17.6 Å². The third-order valence-corrected chi connectivity index (χ3v) is 4.20. The summed E-state index contributed by atoms with van der Waals surface area (Å²) in [6, 6.07) is 6.84. The molecule has 1 fully saturated rings. The van der Waals surface area contributed by atoms with E-state index in [1.54, 1.807) is 12.1 Å². The van der Waals surface area contributed by atoms with Crippen molar-refractivity contribution < 1.29 is 13.5 Å². The van der Waals surface area contributed by atoms with E-state index >= 15 is 0 Å². The number of aromatic amines is 1. The molecule has 0 atom stereocenters. The van der Waals surface area contributed by atoms with Crippen LogP contribution in [-0.4, -0.2) is 32.6 Å². The molecule has 0 bridgehead atoms. The van der Waals surface area contributed by atoms with Crippen LogP contribution in [0, 0.1) is 0 Å². The number of hydrogen-bond acceptors (Lipinski definition) is 4. The summed E-state index contributed by atoms with van der Waals surface area (Å²) in [6.07, 6.45) is -0.696. The Morgan fingerprint density at radius 1 is 1.32 bits per heavy atom. The van der Waals surface area contributed by atoms with Crippen LogP contribution in [0.5, 0.6) is 6.01 Å². The Morgan fingerprint density at radius 2 is 2.04 bits per heavy atom. The number of hydrogen-bond donors (Lipinski definition) is 1. The number of H-pyrrole nitrogens is 1. The van der Waals surface area contributed by atoms with E-state index in [1.807, 2.05) is 12.1 Å². The van der Waals surface area contributed by atoms with Gasteiger partial charge in [0, 0.05) is 10.9 Å². The fourth-order valence-electron chi connectivity index (χ4n) is 2.69. The first kappa shape index (κ1) is 16.0. The third kappa shape index (κ3) is 3.09. The molecule has 4 rings (SSSR count). The van der Waals surface area contributed by atoms with Crippen molar-refractivity contribution in [3.8, 4) is 17.1 Å². The standard InChI is InChI=1S/C16H13ClF2N4O2/c17-10-5-3-8(4-6-10)12-13(9-1-2-9)22-23-14(12)20-15(21-16(23)24)25-7-11(18)19/h3-6,9,11H,1-2,7H2,(H,20,21,24). The van der Waals surface area contributed by atoms with Crippen molar-refractivity contribution in [2.45, 2.75) is 25.2 Å². The van der Waals surface area contributed by atoms with Crippen LogP contribution in [-0.2, 0) is 0 Å². The predicted octanol–water partition coefficient (Wildman–Crippen LogP) is 3.26. The Labute approximate surface area is 145 Å². The van der Waals surface area contributed by atoms with Crippen LogP contribution in [0.1, 0.15) is 24.5 Å². The van der Waals surface area contributed by atoms with E-state index in [0.717, 1.165) is 28.6 Å². The van der Waals surface area contributed by atoms with Crippen molar-refractivity contribution in [3.63, 3.8) is 0 Å². The molecule has 9 heteroatoms. The van der Waals surface area contributed by atoms with E-state index < -0.39 is 18.7 Å². The summed E-state index contributed by atoms with van der Waals surface area (Å²) in [4.78, 5) is 18.8. The summed E-state index contributed by atoms with van der Waals surface area (Å²) >= 11 is 5.94. The molecular formula is C16H13ClF2N4O2. The minimum absolute atomic E-state index is 0.254. The van der Waals surface area contributed by atoms with Gasteiger partial charge in [0.05, 0.1) is 11.3 Å². The normalized spacial score (nSPS) is 14.4. The van der Waals surface area contributed by atoms with Gasteiger partial charge in [0.1, 0.15) is 0 Å². The number of ether oxygens (including phenoxy) is 1. The lowest BCUT2D eigenvalue weighted by Gasteiger charge is -2.05. The lowest BCUT2D eigenvalue weighted by atomic mass is 10.0. The smallest absolute Gasteiger partial charge is 0.352 e. The van der Waals surface area contributed by atoms with Gasteiger partial charge in [-0.25, -0.2) is 13.6 Å². The second-order valence-electron chi connectivity index (χ2n) is 5.83. The molecule has 6 nitrogen and oxygen atoms in total. The Bertz CT molecular complexity index is 980. The first-order valence-corrected chi connectivity index (χ1v) is 8.10. The zero-order chi connectivity index (χ0) is 17.6. The largest absolute Gasteiger partial charge is 0.459 e. The first-order chi connectivity index (χ1) is 12.0. The first-order valence-electron chi connectivity index (χ1n) is 7.73. The molecule has 0 spiro atoms. The number of alkyl halides is 2. The molecule has 2 aromatic heterocycles. The highest BCUT2D eigenvalue weighted by Gasteiger charge is 2.32. The molecule has 0 saturated heterocycles. The molecule has 0 unspecified atom stereocenters. The maximum absolute atomic E-state index is 12.4. The Balaban J connectivity index is 1.90. The number of benzene rings is 1. The lowest BCUT2D eigenvalue weighted by molar-refractivity contribution is 0.0768.